The van der Waals surface area contributed by atoms with Crippen LogP contribution in [0.5, 0.6) is 0 Å². The van der Waals surface area contributed by atoms with Crippen LogP contribution >= 0.6 is 0 Å². The van der Waals surface area contributed by atoms with Gasteiger partial charge in [-0.05, 0) is 25.1 Å². The number of nitrogens with zero attached hydrogens (tertiary/aromatic N) is 1. The number of aliphatic imine (C=N–C) groups is 1. The monoisotopic (exact) mass is 273 g/mol. The molecule has 19 heavy (non-hydrogen) atoms. The van der Waals surface area contributed by atoms with Gasteiger partial charge < -0.3 is 16.2 Å². The molecule has 104 valence electrons. The first-order chi connectivity index (χ1) is 8.84. The highest BCUT2D eigenvalue weighted by Gasteiger charge is 2.46. The molecule has 0 saturated heterocycles. The molecule has 0 bridgehead atoms. The molecule has 2 rings (SSSR count). The Hall–Kier alpha value is -1.76. The molecule has 1 aliphatic rings. The number of benzene rings is 1. The van der Waals surface area contributed by atoms with Gasteiger partial charge >= 0.3 is 0 Å². The molecule has 7 heteroatoms. The zero-order chi connectivity index (χ0) is 14.2. The fraction of sp³-hybridized carbons (Fsp3) is 0.417. The maximum atomic E-state index is 13.9. The van der Waals surface area contributed by atoms with Crippen LogP contribution in [-0.4, -0.2) is 25.0 Å². The van der Waals surface area contributed by atoms with Crippen LogP contribution < -0.4 is 11.5 Å². The maximum Gasteiger partial charge on any atom is 0.267 e. The van der Waals surface area contributed by atoms with Gasteiger partial charge in [0.2, 0.25) is 0 Å². The summed E-state index contributed by atoms with van der Waals surface area (Å²) < 4.78 is 45.0. The number of amidine groups is 1. The van der Waals surface area contributed by atoms with Crippen LogP contribution in [0.15, 0.2) is 23.2 Å². The van der Waals surface area contributed by atoms with Crippen molar-refractivity contribution in [1.29, 1.82) is 0 Å². The van der Waals surface area contributed by atoms with E-state index in [1.165, 1.54) is 19.1 Å². The Morgan fingerprint density at radius 3 is 2.74 bits per heavy atom. The highest BCUT2D eigenvalue weighted by molar-refractivity contribution is 5.82. The molecule has 1 heterocycles. The quantitative estimate of drug-likeness (QED) is 0.804. The number of nitrogen functional groups attached to an aromatic ring is 1. The molecule has 0 aromatic heterocycles. The number of alkyl halides is 2. The Bertz CT molecular complexity index is 521. The summed E-state index contributed by atoms with van der Waals surface area (Å²) in [6.07, 6.45) is -4.39. The van der Waals surface area contributed by atoms with E-state index in [1.807, 2.05) is 0 Å². The Kier molecular flexibility index (Phi) is 3.40. The smallest absolute Gasteiger partial charge is 0.267 e. The number of hydrogen-bond acceptors (Lipinski definition) is 4. The van der Waals surface area contributed by atoms with Gasteiger partial charge in [-0.3, -0.25) is 4.99 Å². The summed E-state index contributed by atoms with van der Waals surface area (Å²) >= 11 is 0. The lowest BCUT2D eigenvalue weighted by molar-refractivity contribution is -0.0883. The predicted octanol–water partition coefficient (Wildman–Crippen LogP) is 1.64. The topological polar surface area (TPSA) is 73.6 Å². The van der Waals surface area contributed by atoms with Gasteiger partial charge in [0.1, 0.15) is 29.9 Å². The highest BCUT2D eigenvalue weighted by Crippen LogP contribution is 2.38. The Labute approximate surface area is 108 Å². The van der Waals surface area contributed by atoms with Crippen LogP contribution in [0.2, 0.25) is 0 Å². The predicted molar refractivity (Wildman–Crippen MR) is 65.5 cm³/mol. The molecule has 1 aromatic carbocycles. The van der Waals surface area contributed by atoms with Crippen molar-refractivity contribution in [1.82, 2.24) is 0 Å². The molecule has 0 radical (unpaired) electrons. The van der Waals surface area contributed by atoms with E-state index in [1.54, 1.807) is 0 Å². The number of hydrogen-bond donors (Lipinski definition) is 2. The fourth-order valence-electron chi connectivity index (χ4n) is 2.19. The van der Waals surface area contributed by atoms with Crippen LogP contribution in [0.3, 0.4) is 0 Å². The molecular weight excluding hydrogens is 259 g/mol. The second kappa shape index (κ2) is 4.73. The van der Waals surface area contributed by atoms with Gasteiger partial charge in [0.05, 0.1) is 0 Å². The molecule has 4 N–H and O–H groups in total. The number of rotatable bonds is 2. The lowest BCUT2D eigenvalue weighted by Gasteiger charge is -2.37. The normalized spacial score (nSPS) is 27.4. The number of anilines is 1. The van der Waals surface area contributed by atoms with Crippen molar-refractivity contribution in [2.75, 3.05) is 12.3 Å². The van der Waals surface area contributed by atoms with Gasteiger partial charge in [-0.15, -0.1) is 0 Å². The Morgan fingerprint density at radius 1 is 1.42 bits per heavy atom. The highest BCUT2D eigenvalue weighted by atomic mass is 19.3. The lowest BCUT2D eigenvalue weighted by Crippen LogP contribution is -2.49. The fourth-order valence-corrected chi connectivity index (χ4v) is 2.19. The molecule has 2 unspecified atom stereocenters. The van der Waals surface area contributed by atoms with Crippen molar-refractivity contribution in [3.8, 4) is 0 Å². The van der Waals surface area contributed by atoms with Crippen molar-refractivity contribution in [2.24, 2.45) is 10.7 Å². The third-order valence-electron chi connectivity index (χ3n) is 3.11. The van der Waals surface area contributed by atoms with Gasteiger partial charge in [0.15, 0.2) is 0 Å². The maximum absolute atomic E-state index is 13.9. The van der Waals surface area contributed by atoms with Crippen LogP contribution in [0.25, 0.3) is 0 Å². The Balaban J connectivity index is 2.59. The minimum atomic E-state index is -2.82. The lowest BCUT2D eigenvalue weighted by atomic mass is 9.85. The first-order valence-electron chi connectivity index (χ1n) is 5.64. The van der Waals surface area contributed by atoms with Crippen molar-refractivity contribution in [3.63, 3.8) is 0 Å². The summed E-state index contributed by atoms with van der Waals surface area (Å²) in [5.41, 5.74) is 9.70. The van der Waals surface area contributed by atoms with E-state index in [9.17, 15) is 13.2 Å². The van der Waals surface area contributed by atoms with Gasteiger partial charge in [-0.1, -0.05) is 0 Å². The average Bonchev–Trinajstić information content (AvgIpc) is 2.31. The van der Waals surface area contributed by atoms with Crippen molar-refractivity contribution < 1.29 is 17.9 Å². The molecule has 0 saturated carbocycles. The molecule has 0 aliphatic carbocycles. The molecule has 1 aromatic rings. The SMILES string of the molecule is CC1(c2cc(N)ccc2F)N=C(N)COC1C(F)F. The van der Waals surface area contributed by atoms with Gasteiger partial charge in [0.25, 0.3) is 6.43 Å². The molecule has 0 amide bonds. The zero-order valence-corrected chi connectivity index (χ0v) is 10.2. The summed E-state index contributed by atoms with van der Waals surface area (Å²) in [4.78, 5) is 3.98. The van der Waals surface area contributed by atoms with Crippen molar-refractivity contribution in [3.05, 3.63) is 29.6 Å². The van der Waals surface area contributed by atoms with Gasteiger partial charge in [-0.2, -0.15) is 0 Å². The summed E-state index contributed by atoms with van der Waals surface area (Å²) in [6, 6.07) is 3.73. The molecule has 0 fully saturated rings. The van der Waals surface area contributed by atoms with E-state index < -0.39 is 23.9 Å². The number of nitrogens with two attached hydrogens (primary N) is 2. The standard InChI is InChI=1S/C12H14F3N3O/c1-12(7-4-6(16)2-3-8(7)13)10(11(14)15)19-5-9(17)18-12/h2-4,10-11H,5,16H2,1H3,(H2,17,18). The van der Waals surface area contributed by atoms with Gasteiger partial charge in [0, 0.05) is 11.3 Å². The van der Waals surface area contributed by atoms with E-state index >= 15 is 0 Å². The molecule has 4 nitrogen and oxygen atoms in total. The van der Waals surface area contributed by atoms with Crippen LogP contribution in [0.4, 0.5) is 18.9 Å². The molecule has 2 atom stereocenters. The first-order valence-corrected chi connectivity index (χ1v) is 5.64. The van der Waals surface area contributed by atoms with Crippen LogP contribution in [0.1, 0.15) is 12.5 Å². The number of halogens is 3. The second-order valence-corrected chi connectivity index (χ2v) is 4.56. The molecule has 0 spiro atoms. The van der Waals surface area contributed by atoms with E-state index in [0.29, 0.717) is 0 Å². The van der Waals surface area contributed by atoms with E-state index in [-0.39, 0.29) is 23.7 Å². The summed E-state index contributed by atoms with van der Waals surface area (Å²) in [7, 11) is 0. The largest absolute Gasteiger partial charge is 0.399 e. The summed E-state index contributed by atoms with van der Waals surface area (Å²) in [5.74, 6) is -0.634. The second-order valence-electron chi connectivity index (χ2n) is 4.56. The minimum Gasteiger partial charge on any atom is -0.399 e. The van der Waals surface area contributed by atoms with E-state index in [0.717, 1.165) is 6.07 Å². The van der Waals surface area contributed by atoms with Crippen LogP contribution in [0, 0.1) is 5.82 Å². The average molecular weight is 273 g/mol. The third-order valence-corrected chi connectivity index (χ3v) is 3.11. The van der Waals surface area contributed by atoms with Crippen molar-refractivity contribution >= 4 is 11.5 Å². The van der Waals surface area contributed by atoms with Crippen molar-refractivity contribution in [2.45, 2.75) is 25.0 Å². The molecular formula is C12H14F3N3O. The molecule has 1 aliphatic heterocycles. The summed E-state index contributed by atoms with van der Waals surface area (Å²) in [5, 5.41) is 0. The zero-order valence-electron chi connectivity index (χ0n) is 10.2. The number of ether oxygens (including phenoxy) is 1. The Morgan fingerprint density at radius 2 is 2.11 bits per heavy atom. The van der Waals surface area contributed by atoms with Gasteiger partial charge in [-0.25, -0.2) is 13.2 Å². The summed E-state index contributed by atoms with van der Waals surface area (Å²) in [6.45, 7) is 1.15. The van der Waals surface area contributed by atoms with E-state index in [4.69, 9.17) is 16.2 Å². The van der Waals surface area contributed by atoms with Crippen LogP contribution in [-0.2, 0) is 10.3 Å². The minimum absolute atomic E-state index is 0.0428. The third kappa shape index (κ3) is 2.37. The van der Waals surface area contributed by atoms with E-state index in [2.05, 4.69) is 4.99 Å². The first kappa shape index (κ1) is 13.7.